The van der Waals surface area contributed by atoms with Crippen LogP contribution in [0.2, 0.25) is 0 Å². The van der Waals surface area contributed by atoms with E-state index in [0.29, 0.717) is 67.5 Å². The molecule has 0 saturated heterocycles. The summed E-state index contributed by atoms with van der Waals surface area (Å²) in [6, 6.07) is 39.9. The standard InChI is InChI=1S/C46H39N7O7S/c1-30-27-47-38(31(2)43(30)53(54)55)28-52-29-39(48-51-52)45-41(42(49-60-45)33-15-8-5-9-16-33)32-23-25-36(26-24-32)61(56,57)50-46(34-17-10-6-11-18-34,35-19-12-7-13-20-35)37-21-14-22-40(58-3)44(37)59-4/h5-27,29,50H,28H2,1-4H3. The van der Waals surface area contributed by atoms with E-state index in [-0.39, 0.29) is 22.9 Å². The molecule has 0 saturated carbocycles. The quantitative estimate of drug-likeness (QED) is 0.0631. The summed E-state index contributed by atoms with van der Waals surface area (Å²) >= 11 is 0. The van der Waals surface area contributed by atoms with Crippen LogP contribution < -0.4 is 14.2 Å². The molecule has 306 valence electrons. The maximum absolute atomic E-state index is 14.9. The third-order valence-corrected chi connectivity index (χ3v) is 12.0. The molecule has 61 heavy (non-hydrogen) atoms. The Balaban J connectivity index is 1.21. The second-order valence-electron chi connectivity index (χ2n) is 14.2. The number of hydrogen-bond donors (Lipinski definition) is 1. The number of hydrogen-bond acceptors (Lipinski definition) is 11. The average molecular weight is 834 g/mol. The first-order valence-corrected chi connectivity index (χ1v) is 20.6. The molecule has 5 aromatic carbocycles. The highest BCUT2D eigenvalue weighted by Crippen LogP contribution is 2.46. The van der Waals surface area contributed by atoms with Gasteiger partial charge in [-0.05, 0) is 48.7 Å². The summed E-state index contributed by atoms with van der Waals surface area (Å²) in [6.07, 6.45) is 3.12. The third-order valence-electron chi connectivity index (χ3n) is 10.5. The predicted octanol–water partition coefficient (Wildman–Crippen LogP) is 8.52. The first-order chi connectivity index (χ1) is 29.6. The zero-order valence-electron chi connectivity index (χ0n) is 33.5. The van der Waals surface area contributed by atoms with Crippen molar-refractivity contribution in [1.29, 1.82) is 0 Å². The first-order valence-electron chi connectivity index (χ1n) is 19.1. The molecule has 0 spiro atoms. The van der Waals surface area contributed by atoms with Gasteiger partial charge in [-0.1, -0.05) is 126 Å². The number of para-hydroxylation sites is 1. The van der Waals surface area contributed by atoms with Gasteiger partial charge in [0, 0.05) is 22.9 Å². The lowest BCUT2D eigenvalue weighted by Crippen LogP contribution is -2.48. The van der Waals surface area contributed by atoms with Gasteiger partial charge in [0.1, 0.15) is 11.2 Å². The van der Waals surface area contributed by atoms with Crippen molar-refractivity contribution in [2.75, 3.05) is 14.2 Å². The van der Waals surface area contributed by atoms with Gasteiger partial charge in [0.25, 0.3) is 5.69 Å². The molecule has 1 N–H and O–H groups in total. The Hall–Kier alpha value is -7.49. The maximum Gasteiger partial charge on any atom is 0.278 e. The molecule has 0 aliphatic rings. The molecule has 14 nitrogen and oxygen atoms in total. The van der Waals surface area contributed by atoms with E-state index in [0.717, 1.165) is 5.56 Å². The van der Waals surface area contributed by atoms with E-state index in [4.69, 9.17) is 14.0 Å². The summed E-state index contributed by atoms with van der Waals surface area (Å²) in [6.45, 7) is 3.42. The molecule has 8 aromatic rings. The Kier molecular flexibility index (Phi) is 11.0. The van der Waals surface area contributed by atoms with Crippen molar-refractivity contribution in [1.82, 2.24) is 29.9 Å². The second-order valence-corrected chi connectivity index (χ2v) is 15.9. The molecule has 8 rings (SSSR count). The SMILES string of the molecule is COc1cccc(C(NS(=O)(=O)c2ccc(-c3c(-c4ccccc4)noc3-c3cn(Cc4ncc(C)c([N+](=O)[O-])c4C)nn3)cc2)(c2ccccc2)c2ccccc2)c1OC. The molecule has 0 aliphatic heterocycles. The lowest BCUT2D eigenvalue weighted by Gasteiger charge is -2.37. The van der Waals surface area contributed by atoms with Gasteiger partial charge in [0.2, 0.25) is 10.0 Å². The highest BCUT2D eigenvalue weighted by atomic mass is 32.2. The largest absolute Gasteiger partial charge is 0.493 e. The topological polar surface area (TPSA) is 177 Å². The van der Waals surface area contributed by atoms with E-state index in [1.807, 2.05) is 97.1 Å². The average Bonchev–Trinajstić information content (AvgIpc) is 3.95. The van der Waals surface area contributed by atoms with Crippen LogP contribution in [-0.4, -0.2) is 52.7 Å². The molecule has 0 atom stereocenters. The summed E-state index contributed by atoms with van der Waals surface area (Å²) in [5, 5.41) is 24.9. The van der Waals surface area contributed by atoms with Crippen molar-refractivity contribution in [2.24, 2.45) is 0 Å². The highest BCUT2D eigenvalue weighted by molar-refractivity contribution is 7.89. The number of methoxy groups -OCH3 is 2. The van der Waals surface area contributed by atoms with Crippen LogP contribution in [0.15, 0.2) is 155 Å². The summed E-state index contributed by atoms with van der Waals surface area (Å²) < 4.78 is 52.0. The van der Waals surface area contributed by atoms with E-state index in [9.17, 15) is 18.5 Å². The second kappa shape index (κ2) is 16.6. The number of benzene rings is 5. The Bertz CT molecular complexity index is 2920. The molecule has 0 bridgehead atoms. The van der Waals surface area contributed by atoms with Crippen LogP contribution in [0.3, 0.4) is 0 Å². The molecule has 0 unspecified atom stereocenters. The number of nitrogens with zero attached hydrogens (tertiary/aromatic N) is 6. The van der Waals surface area contributed by atoms with Gasteiger partial charge in [0.05, 0.1) is 53.6 Å². The van der Waals surface area contributed by atoms with Crippen molar-refractivity contribution in [3.8, 4) is 45.3 Å². The van der Waals surface area contributed by atoms with Gasteiger partial charge in [-0.3, -0.25) is 15.1 Å². The van der Waals surface area contributed by atoms with Crippen LogP contribution in [0.4, 0.5) is 5.69 Å². The van der Waals surface area contributed by atoms with Crippen LogP contribution in [0.1, 0.15) is 33.5 Å². The van der Waals surface area contributed by atoms with Crippen LogP contribution in [0, 0.1) is 24.0 Å². The monoisotopic (exact) mass is 833 g/mol. The molecule has 0 aliphatic carbocycles. The zero-order valence-corrected chi connectivity index (χ0v) is 34.3. The predicted molar refractivity (Wildman–Crippen MR) is 228 cm³/mol. The van der Waals surface area contributed by atoms with Crippen LogP contribution in [0.25, 0.3) is 33.8 Å². The molecule has 0 amide bonds. The molecule has 15 heteroatoms. The Morgan fingerprint density at radius 1 is 0.803 bits per heavy atom. The van der Waals surface area contributed by atoms with Crippen molar-refractivity contribution in [3.63, 3.8) is 0 Å². The first kappa shape index (κ1) is 40.3. The van der Waals surface area contributed by atoms with Crippen LogP contribution >= 0.6 is 0 Å². The summed E-state index contributed by atoms with van der Waals surface area (Å²) in [5.41, 5.74) is 4.45. The van der Waals surface area contributed by atoms with Gasteiger partial charge >= 0.3 is 0 Å². The van der Waals surface area contributed by atoms with Gasteiger partial charge in [-0.15, -0.1) is 5.10 Å². The van der Waals surface area contributed by atoms with Gasteiger partial charge in [0.15, 0.2) is 23.0 Å². The van der Waals surface area contributed by atoms with Crippen molar-refractivity contribution in [3.05, 3.63) is 189 Å². The molecular formula is C46H39N7O7S. The van der Waals surface area contributed by atoms with Gasteiger partial charge < -0.3 is 14.0 Å². The number of nitrogens with one attached hydrogen (secondary N) is 1. The zero-order chi connectivity index (χ0) is 42.7. The number of aryl methyl sites for hydroxylation is 1. The molecule has 3 heterocycles. The van der Waals surface area contributed by atoms with E-state index < -0.39 is 20.5 Å². The number of ether oxygens (including phenoxy) is 2. The van der Waals surface area contributed by atoms with E-state index in [1.54, 1.807) is 44.3 Å². The molecule has 0 fully saturated rings. The van der Waals surface area contributed by atoms with Gasteiger partial charge in [-0.25, -0.2) is 13.1 Å². The fourth-order valence-corrected chi connectivity index (χ4v) is 9.00. The minimum atomic E-state index is -4.32. The smallest absolute Gasteiger partial charge is 0.278 e. The van der Waals surface area contributed by atoms with Crippen LogP contribution in [0.5, 0.6) is 11.5 Å². The Labute approximate surface area is 351 Å². The normalized spacial score (nSPS) is 11.7. The lowest BCUT2D eigenvalue weighted by atomic mass is 9.77. The summed E-state index contributed by atoms with van der Waals surface area (Å²) in [7, 11) is -1.26. The number of sulfonamides is 1. The van der Waals surface area contributed by atoms with Crippen molar-refractivity contribution in [2.45, 2.75) is 30.8 Å². The summed E-state index contributed by atoms with van der Waals surface area (Å²) in [5.74, 6) is 1.09. The number of rotatable bonds is 14. The number of nitro groups is 1. The molecule has 0 radical (unpaired) electrons. The fraction of sp³-hybridized carbons (Fsp3) is 0.130. The molecular weight excluding hydrogens is 795 g/mol. The van der Waals surface area contributed by atoms with E-state index in [2.05, 4.69) is 25.2 Å². The minimum absolute atomic E-state index is 0.00173. The fourth-order valence-electron chi connectivity index (χ4n) is 7.63. The van der Waals surface area contributed by atoms with E-state index >= 15 is 0 Å². The van der Waals surface area contributed by atoms with Gasteiger partial charge in [-0.2, -0.15) is 4.72 Å². The van der Waals surface area contributed by atoms with Crippen molar-refractivity contribution >= 4 is 15.7 Å². The number of aromatic nitrogens is 5. The Morgan fingerprint density at radius 2 is 1.44 bits per heavy atom. The third kappa shape index (κ3) is 7.52. The highest BCUT2D eigenvalue weighted by Gasteiger charge is 2.43. The lowest BCUT2D eigenvalue weighted by molar-refractivity contribution is -0.386. The minimum Gasteiger partial charge on any atom is -0.493 e. The maximum atomic E-state index is 14.9. The van der Waals surface area contributed by atoms with Crippen molar-refractivity contribution < 1.29 is 27.3 Å². The van der Waals surface area contributed by atoms with Crippen LogP contribution in [-0.2, 0) is 22.1 Å². The Morgan fingerprint density at radius 3 is 2.05 bits per heavy atom. The number of pyridine rings is 1. The van der Waals surface area contributed by atoms with E-state index in [1.165, 1.54) is 37.2 Å². The summed E-state index contributed by atoms with van der Waals surface area (Å²) in [4.78, 5) is 15.8. The molecule has 3 aromatic heterocycles.